The molecule has 0 atom stereocenters. The molecule has 24 heavy (non-hydrogen) atoms. The van der Waals surface area contributed by atoms with Crippen LogP contribution < -0.4 is 0 Å². The fourth-order valence-corrected chi connectivity index (χ4v) is 2.25. The third-order valence-corrected chi connectivity index (χ3v) is 3.21. The fraction of sp³-hybridized carbons (Fsp3) is 0.688. The molecule has 0 aromatic heterocycles. The van der Waals surface area contributed by atoms with Crippen LogP contribution in [-0.4, -0.2) is 42.0 Å². The molecule has 1 aliphatic rings. The van der Waals surface area contributed by atoms with Gasteiger partial charge >= 0.3 is 18.1 Å². The number of carbonyl (C=O) groups excluding carboxylic acids is 3. The van der Waals surface area contributed by atoms with E-state index < -0.39 is 23.7 Å². The molecule has 0 amide bonds. The third-order valence-electron chi connectivity index (χ3n) is 3.10. The van der Waals surface area contributed by atoms with Crippen LogP contribution in [0.1, 0.15) is 46.5 Å². The van der Waals surface area contributed by atoms with E-state index in [9.17, 15) is 14.4 Å². The van der Waals surface area contributed by atoms with Gasteiger partial charge in [-0.05, 0) is 46.5 Å². The highest BCUT2D eigenvalue weighted by Gasteiger charge is 2.26. The van der Waals surface area contributed by atoms with E-state index in [0.717, 1.165) is 12.2 Å². The first-order valence-electron chi connectivity index (χ1n) is 7.70. The van der Waals surface area contributed by atoms with Crippen LogP contribution in [0.15, 0.2) is 12.2 Å². The maximum atomic E-state index is 11.7. The van der Waals surface area contributed by atoms with Crippen molar-refractivity contribution in [1.82, 2.24) is 0 Å². The average Bonchev–Trinajstić information content (AvgIpc) is 2.46. The Balaban J connectivity index is 2.30. The minimum Gasteiger partial charge on any atom is -0.459 e. The molecule has 8 heteroatoms. The highest BCUT2D eigenvalue weighted by molar-refractivity contribution is 6.17. The zero-order valence-electron chi connectivity index (χ0n) is 14.1. The summed E-state index contributed by atoms with van der Waals surface area (Å²) in [6.45, 7) is 5.21. The quantitative estimate of drug-likeness (QED) is 0.321. The highest BCUT2D eigenvalue weighted by Crippen LogP contribution is 2.24. The second-order valence-corrected chi connectivity index (χ2v) is 6.54. The summed E-state index contributed by atoms with van der Waals surface area (Å²) in [5.41, 5.74) is -0.617. The number of alkyl halides is 1. The molecule has 0 heterocycles. The Morgan fingerprint density at radius 1 is 0.958 bits per heavy atom. The number of esters is 2. The van der Waals surface area contributed by atoms with Crippen LogP contribution in [-0.2, 0) is 28.5 Å². The summed E-state index contributed by atoms with van der Waals surface area (Å²) >= 11 is 5.26. The van der Waals surface area contributed by atoms with Gasteiger partial charge in [-0.15, -0.1) is 0 Å². The lowest BCUT2D eigenvalue weighted by molar-refractivity contribution is -0.150. The number of rotatable bonds is 5. The van der Waals surface area contributed by atoms with Crippen LogP contribution in [0.3, 0.4) is 0 Å². The molecule has 1 saturated carbocycles. The number of hydrogen-bond donors (Lipinski definition) is 0. The van der Waals surface area contributed by atoms with Crippen LogP contribution in [0.25, 0.3) is 0 Å². The molecule has 1 fully saturated rings. The van der Waals surface area contributed by atoms with E-state index in [0.29, 0.717) is 25.7 Å². The molecule has 0 aromatic carbocycles. The van der Waals surface area contributed by atoms with Crippen LogP contribution in [0.4, 0.5) is 4.79 Å². The molecule has 0 bridgehead atoms. The molecule has 7 nitrogen and oxygen atoms in total. The van der Waals surface area contributed by atoms with E-state index in [1.54, 1.807) is 20.8 Å². The molecule has 0 radical (unpaired) electrons. The van der Waals surface area contributed by atoms with E-state index in [-0.39, 0.29) is 18.3 Å². The first kappa shape index (κ1) is 20.3. The van der Waals surface area contributed by atoms with Gasteiger partial charge in [-0.3, -0.25) is 0 Å². The normalized spacial score (nSPS) is 21.2. The summed E-state index contributed by atoms with van der Waals surface area (Å²) in [6, 6.07) is -0.254. The van der Waals surface area contributed by atoms with Crippen molar-refractivity contribution in [3.05, 3.63) is 12.2 Å². The monoisotopic (exact) mass is 362 g/mol. The van der Waals surface area contributed by atoms with Crippen molar-refractivity contribution in [3.63, 3.8) is 0 Å². The van der Waals surface area contributed by atoms with Crippen LogP contribution >= 0.6 is 11.6 Å². The second-order valence-electron chi connectivity index (χ2n) is 6.32. The Hall–Kier alpha value is -1.76. The van der Waals surface area contributed by atoms with Crippen LogP contribution in [0.5, 0.6) is 0 Å². The standard InChI is InChI=1S/C16H23ClO7/c1-16(2,3)24-14(19)9-8-13(18)22-11-4-6-12(7-5-11)23-15(20)21-10-17/h8-9,11-12H,4-7,10H2,1-3H3/b9-8+/t11-,12+. The van der Waals surface area contributed by atoms with Crippen molar-refractivity contribution in [3.8, 4) is 0 Å². The maximum Gasteiger partial charge on any atom is 0.509 e. The molecule has 0 aromatic rings. The third kappa shape index (κ3) is 8.76. The van der Waals surface area contributed by atoms with Gasteiger partial charge in [0, 0.05) is 12.2 Å². The van der Waals surface area contributed by atoms with Crippen LogP contribution in [0.2, 0.25) is 0 Å². The summed E-state index contributed by atoms with van der Waals surface area (Å²) < 4.78 is 19.8. The highest BCUT2D eigenvalue weighted by atomic mass is 35.5. The molecule has 1 aliphatic carbocycles. The molecule has 0 unspecified atom stereocenters. The summed E-state index contributed by atoms with van der Waals surface area (Å²) in [5.74, 6) is -1.21. The molecule has 136 valence electrons. The predicted molar refractivity (Wildman–Crippen MR) is 85.4 cm³/mol. The lowest BCUT2D eigenvalue weighted by Crippen LogP contribution is -2.29. The molecule has 0 saturated heterocycles. The molecule has 0 N–H and O–H groups in total. The molecular weight excluding hydrogens is 340 g/mol. The van der Waals surface area contributed by atoms with Gasteiger partial charge in [0.15, 0.2) is 6.07 Å². The Kier molecular flexibility index (Phi) is 8.04. The smallest absolute Gasteiger partial charge is 0.459 e. The van der Waals surface area contributed by atoms with Gasteiger partial charge in [-0.2, -0.15) is 0 Å². The SMILES string of the molecule is CC(C)(C)OC(=O)/C=C/C(=O)O[C@H]1CC[C@@H](OC(=O)OCCl)CC1. The first-order chi connectivity index (χ1) is 11.2. The van der Waals surface area contributed by atoms with Gasteiger partial charge in [0.1, 0.15) is 17.8 Å². The molecule has 0 spiro atoms. The maximum absolute atomic E-state index is 11.7. The van der Waals surface area contributed by atoms with E-state index in [4.69, 9.17) is 25.8 Å². The van der Waals surface area contributed by atoms with Gasteiger partial charge in [0.25, 0.3) is 0 Å². The van der Waals surface area contributed by atoms with E-state index >= 15 is 0 Å². The molecular formula is C16H23ClO7. The molecule has 0 aliphatic heterocycles. The largest absolute Gasteiger partial charge is 0.509 e. The molecule has 1 rings (SSSR count). The lowest BCUT2D eigenvalue weighted by atomic mass is 9.95. The van der Waals surface area contributed by atoms with Crippen molar-refractivity contribution in [2.45, 2.75) is 64.3 Å². The van der Waals surface area contributed by atoms with Crippen LogP contribution in [0, 0.1) is 0 Å². The zero-order chi connectivity index (χ0) is 18.2. The topological polar surface area (TPSA) is 88.1 Å². The van der Waals surface area contributed by atoms with E-state index in [1.165, 1.54) is 0 Å². The lowest BCUT2D eigenvalue weighted by Gasteiger charge is -2.27. The Bertz CT molecular complexity index is 473. The predicted octanol–water partition coefficient (Wildman–Crippen LogP) is 3.09. The summed E-state index contributed by atoms with van der Waals surface area (Å²) in [5, 5.41) is 0. The minimum absolute atomic E-state index is 0.254. The van der Waals surface area contributed by atoms with Gasteiger partial charge in [-0.25, -0.2) is 14.4 Å². The summed E-state index contributed by atoms with van der Waals surface area (Å²) in [4.78, 5) is 34.3. The first-order valence-corrected chi connectivity index (χ1v) is 8.24. The van der Waals surface area contributed by atoms with Crippen molar-refractivity contribution in [2.24, 2.45) is 0 Å². The second kappa shape index (κ2) is 9.52. The number of hydrogen-bond acceptors (Lipinski definition) is 7. The van der Waals surface area contributed by atoms with E-state index in [1.807, 2.05) is 0 Å². The van der Waals surface area contributed by atoms with Gasteiger partial charge < -0.3 is 18.9 Å². The zero-order valence-corrected chi connectivity index (χ0v) is 14.8. The number of halogens is 1. The summed E-state index contributed by atoms with van der Waals surface area (Å²) in [6.07, 6.45) is 2.99. The van der Waals surface area contributed by atoms with Crippen molar-refractivity contribution >= 4 is 29.7 Å². The van der Waals surface area contributed by atoms with Gasteiger partial charge in [-0.1, -0.05) is 11.6 Å². The number of ether oxygens (including phenoxy) is 4. The Morgan fingerprint density at radius 2 is 1.46 bits per heavy atom. The number of carbonyl (C=O) groups is 3. The van der Waals surface area contributed by atoms with Gasteiger partial charge in [0.2, 0.25) is 0 Å². The summed E-state index contributed by atoms with van der Waals surface area (Å²) in [7, 11) is 0. The van der Waals surface area contributed by atoms with Gasteiger partial charge in [0.05, 0.1) is 0 Å². The van der Waals surface area contributed by atoms with Crippen molar-refractivity contribution in [1.29, 1.82) is 0 Å². The van der Waals surface area contributed by atoms with Crippen molar-refractivity contribution in [2.75, 3.05) is 6.07 Å². The Labute approximate surface area is 146 Å². The Morgan fingerprint density at radius 3 is 1.96 bits per heavy atom. The fourth-order valence-electron chi connectivity index (χ4n) is 2.16. The van der Waals surface area contributed by atoms with Crippen molar-refractivity contribution < 1.29 is 33.3 Å². The van der Waals surface area contributed by atoms with E-state index in [2.05, 4.69) is 4.74 Å². The average molecular weight is 363 g/mol. The minimum atomic E-state index is -0.800.